The van der Waals surface area contributed by atoms with Crippen LogP contribution in [0.4, 0.5) is 14.4 Å². The van der Waals surface area contributed by atoms with Crippen molar-refractivity contribution in [3.05, 3.63) is 11.6 Å². The minimum absolute atomic E-state index is 0. The number of nitrogens with zero attached hydrogens (tertiary/aromatic N) is 1. The molecule has 10 nitrogen and oxygen atoms in total. The molecule has 4 aliphatic carbocycles. The second-order valence-electron chi connectivity index (χ2n) is 19.0. The predicted molar refractivity (Wildman–Crippen MR) is 210 cm³/mol. The third-order valence-electron chi connectivity index (χ3n) is 12.4. The topological polar surface area (TPSA) is 127 Å². The highest BCUT2D eigenvalue weighted by atomic mass is 35.5. The van der Waals surface area contributed by atoms with E-state index < -0.39 is 29.5 Å². The lowest BCUT2D eigenvalue weighted by Crippen LogP contribution is -2.51. The summed E-state index contributed by atoms with van der Waals surface area (Å²) in [7, 11) is 0. The molecule has 0 aliphatic heterocycles. The van der Waals surface area contributed by atoms with E-state index in [0.717, 1.165) is 61.2 Å². The average molecular weight is 751 g/mol. The monoisotopic (exact) mass is 751 g/mol. The van der Waals surface area contributed by atoms with Crippen LogP contribution in [0.25, 0.3) is 0 Å². The number of hydrogen-bond donors (Lipinski definition) is 3. The summed E-state index contributed by atoms with van der Waals surface area (Å²) in [4.78, 5) is 41.8. The van der Waals surface area contributed by atoms with Gasteiger partial charge in [0.05, 0.1) is 6.54 Å². The van der Waals surface area contributed by atoms with Gasteiger partial charge in [-0.25, -0.2) is 14.4 Å². The van der Waals surface area contributed by atoms with Gasteiger partial charge in [-0.3, -0.25) is 15.6 Å². The number of amides is 3. The molecule has 3 N–H and O–H groups in total. The van der Waals surface area contributed by atoms with Crippen molar-refractivity contribution in [2.75, 3.05) is 13.1 Å². The van der Waals surface area contributed by atoms with E-state index in [-0.39, 0.29) is 43.0 Å². The zero-order chi connectivity index (χ0) is 37.8. The van der Waals surface area contributed by atoms with Crippen LogP contribution in [0.3, 0.4) is 0 Å². The third kappa shape index (κ3) is 11.5. The molecule has 0 heterocycles. The molecule has 8 atom stereocenters. The summed E-state index contributed by atoms with van der Waals surface area (Å²) in [5, 5.41) is 7.68. The van der Waals surface area contributed by atoms with Crippen molar-refractivity contribution in [3.63, 3.8) is 0 Å². The summed E-state index contributed by atoms with van der Waals surface area (Å²) < 4.78 is 16.5. The molecule has 0 aromatic rings. The first-order valence-corrected chi connectivity index (χ1v) is 19.9. The van der Waals surface area contributed by atoms with Crippen LogP contribution in [-0.2, 0) is 14.2 Å². The van der Waals surface area contributed by atoms with Crippen LogP contribution in [0.2, 0.25) is 0 Å². The standard InChI is InChI=1S/C41H70N4O6.ClH/c1-26(2)13-12-14-27(3)31-17-18-32-30-16-15-28-25-29(19-21-40(28,10)33(30)20-22-41(31,32)11)49-35(46)43-24-23-42-34(44-36(47)50-38(4,5)6)45-37(48)51-39(7,8)9;/h15,26-27,29-33H,12-14,16-25H2,1-11H3,(H,43,46)(H2,42,44,45,47,48);1H/t27?,29-,30-,31+,32-,33-,40-,41+;/m0./s1. The Kier molecular flexibility index (Phi) is 15.0. The van der Waals surface area contributed by atoms with Crippen molar-refractivity contribution >= 4 is 36.6 Å². The number of alkyl carbamates (subject to hydrolysis) is 3. The fraction of sp³-hybridized carbons (Fsp3) is 0.854. The summed E-state index contributed by atoms with van der Waals surface area (Å²) in [6, 6.07) is 0. The summed E-state index contributed by atoms with van der Waals surface area (Å²) in [6.45, 7) is 23.0. The van der Waals surface area contributed by atoms with Gasteiger partial charge < -0.3 is 19.5 Å². The highest BCUT2D eigenvalue weighted by molar-refractivity contribution is 6.01. The second kappa shape index (κ2) is 17.8. The van der Waals surface area contributed by atoms with E-state index in [2.05, 4.69) is 61.6 Å². The molecule has 3 amide bonds. The molecule has 0 aromatic heterocycles. The highest BCUT2D eigenvalue weighted by Crippen LogP contribution is 2.67. The smallest absolute Gasteiger partial charge is 0.414 e. The highest BCUT2D eigenvalue weighted by Gasteiger charge is 2.59. The minimum Gasteiger partial charge on any atom is -0.446 e. The lowest BCUT2D eigenvalue weighted by Gasteiger charge is -2.58. The van der Waals surface area contributed by atoms with Crippen LogP contribution in [0.5, 0.6) is 0 Å². The number of rotatable bonds is 9. The van der Waals surface area contributed by atoms with Crippen LogP contribution in [0.1, 0.15) is 147 Å². The first kappa shape index (κ1) is 43.9. The van der Waals surface area contributed by atoms with E-state index in [1.54, 1.807) is 41.5 Å². The van der Waals surface area contributed by atoms with Gasteiger partial charge in [0, 0.05) is 13.0 Å². The number of allylic oxidation sites excluding steroid dienone is 1. The number of aliphatic imine (C=N–C) groups is 1. The Bertz CT molecular complexity index is 1270. The molecule has 0 radical (unpaired) electrons. The first-order valence-electron chi connectivity index (χ1n) is 19.9. The van der Waals surface area contributed by atoms with E-state index in [4.69, 9.17) is 14.2 Å². The SMILES string of the molecule is CC(C)CCCC(C)[C@H]1CC[C@H]2[C@@H]3CC=C4C[C@@H](OC(=O)NCCN=C(NC(=O)OC(C)(C)C)NC(=O)OC(C)(C)C)CC[C@]4(C)[C@H]3CC[C@]12C.Cl. The van der Waals surface area contributed by atoms with Crippen molar-refractivity contribution in [1.29, 1.82) is 0 Å². The Balaban J connectivity index is 0.00000729. The molecule has 4 rings (SSSR count). The lowest BCUT2D eigenvalue weighted by atomic mass is 9.47. The van der Waals surface area contributed by atoms with E-state index in [1.165, 1.54) is 50.5 Å². The number of guanidine groups is 1. The molecule has 0 saturated heterocycles. The fourth-order valence-corrected chi connectivity index (χ4v) is 10.2. The van der Waals surface area contributed by atoms with Gasteiger partial charge in [-0.05, 0) is 133 Å². The van der Waals surface area contributed by atoms with Crippen molar-refractivity contribution in [3.8, 4) is 0 Å². The molecule has 3 fully saturated rings. The zero-order valence-corrected chi connectivity index (χ0v) is 34.9. The quantitative estimate of drug-likeness (QED) is 0.0708. The number of carbonyl (C=O) groups is 3. The zero-order valence-electron chi connectivity index (χ0n) is 34.1. The normalized spacial score (nSPS) is 30.2. The summed E-state index contributed by atoms with van der Waals surface area (Å²) in [5.41, 5.74) is 0.682. The molecule has 3 saturated carbocycles. The Labute approximate surface area is 320 Å². The number of carbonyl (C=O) groups excluding carboxylic acids is 3. The molecule has 52 heavy (non-hydrogen) atoms. The average Bonchev–Trinajstić information content (AvgIpc) is 3.34. The van der Waals surface area contributed by atoms with Crippen LogP contribution >= 0.6 is 12.4 Å². The largest absolute Gasteiger partial charge is 0.446 e. The maximum Gasteiger partial charge on any atom is 0.414 e. The van der Waals surface area contributed by atoms with Crippen LogP contribution in [0.15, 0.2) is 16.6 Å². The van der Waals surface area contributed by atoms with Gasteiger partial charge in [0.15, 0.2) is 0 Å². The number of halogens is 1. The maximum absolute atomic E-state index is 12.9. The van der Waals surface area contributed by atoms with Gasteiger partial charge in [-0.1, -0.05) is 65.5 Å². The summed E-state index contributed by atoms with van der Waals surface area (Å²) in [5.74, 6) is 4.65. The number of ether oxygens (including phenoxy) is 3. The summed E-state index contributed by atoms with van der Waals surface area (Å²) in [6.07, 6.45) is 13.8. The van der Waals surface area contributed by atoms with E-state index in [9.17, 15) is 14.4 Å². The molecular formula is C41H71ClN4O6. The van der Waals surface area contributed by atoms with Crippen molar-refractivity contribution in [1.82, 2.24) is 16.0 Å². The van der Waals surface area contributed by atoms with Gasteiger partial charge in [0.25, 0.3) is 0 Å². The van der Waals surface area contributed by atoms with Gasteiger partial charge in [-0.2, -0.15) is 0 Å². The molecule has 298 valence electrons. The molecular weight excluding hydrogens is 680 g/mol. The fourth-order valence-electron chi connectivity index (χ4n) is 10.2. The van der Waals surface area contributed by atoms with Gasteiger partial charge in [0.2, 0.25) is 5.96 Å². The minimum atomic E-state index is -0.769. The van der Waals surface area contributed by atoms with E-state index in [0.29, 0.717) is 5.41 Å². The Morgan fingerprint density at radius 2 is 1.50 bits per heavy atom. The lowest BCUT2D eigenvalue weighted by molar-refractivity contribution is -0.0581. The maximum atomic E-state index is 12.9. The van der Waals surface area contributed by atoms with Gasteiger partial charge in [0.1, 0.15) is 17.3 Å². The Morgan fingerprint density at radius 3 is 2.10 bits per heavy atom. The summed E-state index contributed by atoms with van der Waals surface area (Å²) >= 11 is 0. The van der Waals surface area contributed by atoms with Crippen LogP contribution in [-0.4, -0.2) is 54.6 Å². The Morgan fingerprint density at radius 1 is 0.865 bits per heavy atom. The first-order chi connectivity index (χ1) is 23.7. The van der Waals surface area contributed by atoms with Gasteiger partial charge in [-0.15, -0.1) is 12.4 Å². The number of hydrogen-bond acceptors (Lipinski definition) is 7. The van der Waals surface area contributed by atoms with Crippen molar-refractivity contribution in [2.24, 2.45) is 51.3 Å². The Hall–Kier alpha value is -2.49. The molecule has 11 heteroatoms. The van der Waals surface area contributed by atoms with Crippen LogP contribution in [0, 0.1) is 46.3 Å². The number of fused-ring (bicyclic) bond motifs is 5. The second-order valence-corrected chi connectivity index (χ2v) is 19.0. The van der Waals surface area contributed by atoms with Crippen molar-refractivity contribution < 1.29 is 28.6 Å². The van der Waals surface area contributed by atoms with E-state index in [1.807, 2.05) is 0 Å². The molecule has 0 aromatic carbocycles. The third-order valence-corrected chi connectivity index (χ3v) is 12.4. The predicted octanol–water partition coefficient (Wildman–Crippen LogP) is 9.95. The van der Waals surface area contributed by atoms with Gasteiger partial charge >= 0.3 is 18.3 Å². The van der Waals surface area contributed by atoms with Crippen molar-refractivity contribution in [2.45, 2.75) is 164 Å². The number of nitrogens with one attached hydrogen (secondary N) is 3. The van der Waals surface area contributed by atoms with E-state index >= 15 is 0 Å². The molecule has 1 unspecified atom stereocenters. The molecule has 0 bridgehead atoms. The molecule has 0 spiro atoms. The van der Waals surface area contributed by atoms with Crippen LogP contribution < -0.4 is 16.0 Å². The molecule has 4 aliphatic rings.